The SMILES string of the molecule is Nc1ccc(Br)cc1S(=O)C1CCCC1. The molecule has 1 aliphatic carbocycles. The molecule has 0 spiro atoms. The van der Waals surface area contributed by atoms with Crippen LogP contribution in [0.1, 0.15) is 25.7 Å². The van der Waals surface area contributed by atoms with Gasteiger partial charge in [0.05, 0.1) is 15.7 Å². The first-order valence-electron chi connectivity index (χ1n) is 5.14. The molecule has 0 saturated heterocycles. The van der Waals surface area contributed by atoms with Crippen molar-refractivity contribution < 1.29 is 4.21 Å². The van der Waals surface area contributed by atoms with E-state index in [0.717, 1.165) is 22.2 Å². The van der Waals surface area contributed by atoms with Crippen LogP contribution < -0.4 is 5.73 Å². The third-order valence-corrected chi connectivity index (χ3v) is 5.15. The molecular formula is C11H14BrNOS. The quantitative estimate of drug-likeness (QED) is 0.850. The summed E-state index contributed by atoms with van der Waals surface area (Å²) >= 11 is 3.38. The Hall–Kier alpha value is -0.350. The Morgan fingerprint density at radius 2 is 2.00 bits per heavy atom. The van der Waals surface area contributed by atoms with E-state index in [-0.39, 0.29) is 0 Å². The van der Waals surface area contributed by atoms with E-state index in [1.54, 1.807) is 0 Å². The minimum absolute atomic E-state index is 0.307. The molecule has 0 radical (unpaired) electrons. The van der Waals surface area contributed by atoms with E-state index in [0.29, 0.717) is 10.9 Å². The molecule has 2 N–H and O–H groups in total. The van der Waals surface area contributed by atoms with Crippen LogP contribution in [0.4, 0.5) is 5.69 Å². The molecule has 1 aliphatic rings. The van der Waals surface area contributed by atoms with Gasteiger partial charge in [0.1, 0.15) is 0 Å². The number of nitrogen functional groups attached to an aromatic ring is 1. The Bertz CT molecular complexity index is 388. The van der Waals surface area contributed by atoms with Crippen LogP contribution >= 0.6 is 15.9 Å². The van der Waals surface area contributed by atoms with Crippen LogP contribution in [-0.2, 0) is 10.8 Å². The van der Waals surface area contributed by atoms with Crippen molar-refractivity contribution in [2.45, 2.75) is 35.8 Å². The Morgan fingerprint density at radius 3 is 2.67 bits per heavy atom. The third-order valence-electron chi connectivity index (χ3n) is 2.80. The van der Waals surface area contributed by atoms with Gasteiger partial charge in [0, 0.05) is 15.4 Å². The van der Waals surface area contributed by atoms with Gasteiger partial charge >= 0.3 is 0 Å². The maximum absolute atomic E-state index is 12.2. The Labute approximate surface area is 101 Å². The topological polar surface area (TPSA) is 43.1 Å². The van der Waals surface area contributed by atoms with E-state index in [2.05, 4.69) is 15.9 Å². The first-order valence-corrected chi connectivity index (χ1v) is 7.14. The molecule has 82 valence electrons. The van der Waals surface area contributed by atoms with Crippen molar-refractivity contribution in [1.29, 1.82) is 0 Å². The molecule has 0 bridgehead atoms. The highest BCUT2D eigenvalue weighted by molar-refractivity contribution is 9.10. The zero-order valence-corrected chi connectivity index (χ0v) is 10.8. The molecule has 15 heavy (non-hydrogen) atoms. The van der Waals surface area contributed by atoms with E-state index in [9.17, 15) is 4.21 Å². The fourth-order valence-electron chi connectivity index (χ4n) is 1.96. The molecule has 2 nitrogen and oxygen atoms in total. The molecular weight excluding hydrogens is 274 g/mol. The molecule has 0 amide bonds. The van der Waals surface area contributed by atoms with Crippen LogP contribution in [0.15, 0.2) is 27.6 Å². The highest BCUT2D eigenvalue weighted by Gasteiger charge is 2.23. The summed E-state index contributed by atoms with van der Waals surface area (Å²) in [4.78, 5) is 0.788. The van der Waals surface area contributed by atoms with Crippen LogP contribution in [0.25, 0.3) is 0 Å². The number of rotatable bonds is 2. The zero-order valence-electron chi connectivity index (χ0n) is 8.41. The first-order chi connectivity index (χ1) is 7.18. The van der Waals surface area contributed by atoms with Crippen molar-refractivity contribution in [3.63, 3.8) is 0 Å². The number of halogens is 1. The highest BCUT2D eigenvalue weighted by Crippen LogP contribution is 2.30. The second-order valence-electron chi connectivity index (χ2n) is 3.89. The third kappa shape index (κ3) is 2.42. The average molecular weight is 288 g/mol. The largest absolute Gasteiger partial charge is 0.398 e. The Morgan fingerprint density at radius 1 is 1.33 bits per heavy atom. The van der Waals surface area contributed by atoms with Crippen LogP contribution in [0.2, 0.25) is 0 Å². The zero-order chi connectivity index (χ0) is 10.8. The van der Waals surface area contributed by atoms with Gasteiger partial charge in [0.15, 0.2) is 0 Å². The van der Waals surface area contributed by atoms with E-state index < -0.39 is 10.8 Å². The lowest BCUT2D eigenvalue weighted by molar-refractivity contribution is 0.669. The minimum Gasteiger partial charge on any atom is -0.398 e. The monoisotopic (exact) mass is 287 g/mol. The smallest absolute Gasteiger partial charge is 0.0631 e. The summed E-state index contributed by atoms with van der Waals surface area (Å²) in [5.41, 5.74) is 6.49. The second kappa shape index (κ2) is 4.66. The Kier molecular flexibility index (Phi) is 3.46. The van der Waals surface area contributed by atoms with Gasteiger partial charge < -0.3 is 5.73 Å². The fraction of sp³-hybridized carbons (Fsp3) is 0.455. The van der Waals surface area contributed by atoms with Gasteiger partial charge in [0.25, 0.3) is 0 Å². The van der Waals surface area contributed by atoms with Crippen LogP contribution in [0.3, 0.4) is 0 Å². The van der Waals surface area contributed by atoms with Gasteiger partial charge in [-0.15, -0.1) is 0 Å². The van der Waals surface area contributed by atoms with Gasteiger partial charge in [-0.1, -0.05) is 28.8 Å². The van der Waals surface area contributed by atoms with E-state index in [1.165, 1.54) is 12.8 Å². The van der Waals surface area contributed by atoms with E-state index >= 15 is 0 Å². The second-order valence-corrected chi connectivity index (χ2v) is 6.50. The van der Waals surface area contributed by atoms with Gasteiger partial charge in [0.2, 0.25) is 0 Å². The molecule has 1 aromatic rings. The van der Waals surface area contributed by atoms with Crippen LogP contribution in [0, 0.1) is 0 Å². The molecule has 4 heteroatoms. The van der Waals surface area contributed by atoms with Crippen molar-refractivity contribution in [3.8, 4) is 0 Å². The van der Waals surface area contributed by atoms with Crippen molar-refractivity contribution in [2.75, 3.05) is 5.73 Å². The van der Waals surface area contributed by atoms with Crippen LogP contribution in [0.5, 0.6) is 0 Å². The molecule has 1 unspecified atom stereocenters. The lowest BCUT2D eigenvalue weighted by Gasteiger charge is -2.11. The highest BCUT2D eigenvalue weighted by atomic mass is 79.9. The summed E-state index contributed by atoms with van der Waals surface area (Å²) in [6.07, 6.45) is 4.53. The molecule has 0 aromatic heterocycles. The molecule has 1 atom stereocenters. The van der Waals surface area contributed by atoms with Crippen molar-refractivity contribution >= 4 is 32.4 Å². The first kappa shape index (κ1) is 11.1. The number of nitrogens with two attached hydrogens (primary N) is 1. The summed E-state index contributed by atoms with van der Waals surface area (Å²) in [5.74, 6) is 0. The van der Waals surface area contributed by atoms with Crippen molar-refractivity contribution in [2.24, 2.45) is 0 Å². The number of hydrogen-bond donors (Lipinski definition) is 1. The maximum atomic E-state index is 12.2. The number of benzene rings is 1. The summed E-state index contributed by atoms with van der Waals surface area (Å²) in [6, 6.07) is 5.57. The molecule has 2 rings (SSSR count). The molecule has 1 saturated carbocycles. The molecule has 0 aliphatic heterocycles. The normalized spacial score (nSPS) is 19.3. The van der Waals surface area contributed by atoms with Crippen molar-refractivity contribution in [1.82, 2.24) is 0 Å². The number of hydrogen-bond acceptors (Lipinski definition) is 2. The summed E-state index contributed by atoms with van der Waals surface area (Å²) in [5, 5.41) is 0.307. The van der Waals surface area contributed by atoms with Crippen molar-refractivity contribution in [3.05, 3.63) is 22.7 Å². The molecule has 1 fully saturated rings. The van der Waals surface area contributed by atoms with Gasteiger partial charge in [-0.25, -0.2) is 0 Å². The van der Waals surface area contributed by atoms with Crippen LogP contribution in [-0.4, -0.2) is 9.46 Å². The van der Waals surface area contributed by atoms with E-state index in [4.69, 9.17) is 5.73 Å². The fourth-order valence-corrected chi connectivity index (χ4v) is 4.14. The Balaban J connectivity index is 2.27. The summed E-state index contributed by atoms with van der Waals surface area (Å²) in [7, 11) is -0.936. The van der Waals surface area contributed by atoms with E-state index in [1.807, 2.05) is 18.2 Å². The molecule has 0 heterocycles. The van der Waals surface area contributed by atoms with Gasteiger partial charge in [-0.05, 0) is 31.0 Å². The minimum atomic E-state index is -0.936. The maximum Gasteiger partial charge on any atom is 0.0631 e. The standard InChI is InChI=1S/C11H14BrNOS/c12-8-5-6-10(13)11(7-8)15(14)9-3-1-2-4-9/h5-7,9H,1-4,13H2. The predicted molar refractivity (Wildman–Crippen MR) is 67.2 cm³/mol. The molecule has 1 aromatic carbocycles. The van der Waals surface area contributed by atoms with Gasteiger partial charge in [-0.2, -0.15) is 0 Å². The predicted octanol–water partition coefficient (Wildman–Crippen LogP) is 3.08. The lowest BCUT2D eigenvalue weighted by Crippen LogP contribution is -2.12. The average Bonchev–Trinajstić information content (AvgIpc) is 2.74. The van der Waals surface area contributed by atoms with Gasteiger partial charge in [-0.3, -0.25) is 4.21 Å². The lowest BCUT2D eigenvalue weighted by atomic mass is 10.3. The summed E-state index contributed by atoms with van der Waals surface area (Å²) in [6.45, 7) is 0. The number of anilines is 1. The summed E-state index contributed by atoms with van der Waals surface area (Å²) < 4.78 is 13.2.